The average molecular weight is 335 g/mol. The molecule has 25 heavy (non-hydrogen) atoms. The molecule has 2 heteroatoms. The quantitative estimate of drug-likeness (QED) is 0.797. The number of rotatable bonds is 7. The molecule has 2 saturated carbocycles. The van der Waals surface area contributed by atoms with Gasteiger partial charge in [-0.3, -0.25) is 4.90 Å². The summed E-state index contributed by atoms with van der Waals surface area (Å²) in [6, 6.07) is 21.5. The van der Waals surface area contributed by atoms with Crippen LogP contribution >= 0.6 is 0 Å². The van der Waals surface area contributed by atoms with Crippen molar-refractivity contribution >= 4 is 0 Å². The van der Waals surface area contributed by atoms with E-state index in [0.29, 0.717) is 11.8 Å². The van der Waals surface area contributed by atoms with Gasteiger partial charge in [0.2, 0.25) is 0 Å². The predicted octanol–water partition coefficient (Wildman–Crippen LogP) is 4.63. The van der Waals surface area contributed by atoms with E-state index in [1.807, 2.05) is 0 Å². The summed E-state index contributed by atoms with van der Waals surface area (Å²) in [5, 5.41) is 10.8. The number of hydrogen-bond acceptors (Lipinski definition) is 2. The van der Waals surface area contributed by atoms with Crippen LogP contribution in [0.3, 0.4) is 0 Å². The van der Waals surface area contributed by atoms with Crippen molar-refractivity contribution in [1.82, 2.24) is 4.90 Å². The Morgan fingerprint density at radius 2 is 1.36 bits per heavy atom. The van der Waals surface area contributed by atoms with Gasteiger partial charge in [0.1, 0.15) is 0 Å². The summed E-state index contributed by atoms with van der Waals surface area (Å²) in [7, 11) is 0. The van der Waals surface area contributed by atoms with Crippen LogP contribution in [0, 0.1) is 11.8 Å². The van der Waals surface area contributed by atoms with Crippen LogP contribution in [0.15, 0.2) is 60.7 Å². The molecule has 0 amide bonds. The molecule has 2 aromatic rings. The number of aliphatic hydroxyl groups is 1. The normalized spacial score (nSPS) is 26.2. The molecule has 0 radical (unpaired) electrons. The lowest BCUT2D eigenvalue weighted by Crippen LogP contribution is -2.54. The van der Waals surface area contributed by atoms with Crippen molar-refractivity contribution in [3.8, 4) is 0 Å². The van der Waals surface area contributed by atoms with Crippen LogP contribution in [0.25, 0.3) is 0 Å². The van der Waals surface area contributed by atoms with Gasteiger partial charge >= 0.3 is 0 Å². The Morgan fingerprint density at radius 1 is 0.840 bits per heavy atom. The lowest BCUT2D eigenvalue weighted by atomic mass is 9.59. The van der Waals surface area contributed by atoms with E-state index in [4.69, 9.17) is 0 Å². The van der Waals surface area contributed by atoms with Gasteiger partial charge in [0.15, 0.2) is 0 Å². The van der Waals surface area contributed by atoms with E-state index in [1.54, 1.807) is 0 Å². The van der Waals surface area contributed by atoms with Crippen LogP contribution in [0.5, 0.6) is 0 Å². The van der Waals surface area contributed by atoms with Crippen LogP contribution in [-0.2, 0) is 13.1 Å². The highest BCUT2D eigenvalue weighted by Crippen LogP contribution is 2.50. The maximum atomic E-state index is 10.8. The predicted molar refractivity (Wildman–Crippen MR) is 102 cm³/mol. The molecule has 0 bridgehead atoms. The maximum Gasteiger partial charge on any atom is 0.0682 e. The molecular weight excluding hydrogens is 306 g/mol. The summed E-state index contributed by atoms with van der Waals surface area (Å²) in [5.41, 5.74) is 2.40. The van der Waals surface area contributed by atoms with Crippen molar-refractivity contribution in [3.63, 3.8) is 0 Å². The van der Waals surface area contributed by atoms with E-state index in [1.165, 1.54) is 30.4 Å². The lowest BCUT2D eigenvalue weighted by molar-refractivity contribution is -0.143. The summed E-state index contributed by atoms with van der Waals surface area (Å²) < 4.78 is 0. The second-order valence-electron chi connectivity index (χ2n) is 8.15. The fourth-order valence-electron chi connectivity index (χ4n) is 4.58. The highest BCUT2D eigenvalue weighted by Gasteiger charge is 2.49. The van der Waals surface area contributed by atoms with E-state index < -0.39 is 0 Å². The Labute approximate surface area is 151 Å². The average Bonchev–Trinajstić information content (AvgIpc) is 2.53. The first-order valence-electron chi connectivity index (χ1n) is 9.74. The molecular formula is C23H29NO. The van der Waals surface area contributed by atoms with Crippen molar-refractivity contribution < 1.29 is 5.11 Å². The molecule has 132 valence electrons. The molecule has 2 aromatic carbocycles. The lowest BCUT2D eigenvalue weighted by Gasteiger charge is -2.52. The Kier molecular flexibility index (Phi) is 4.91. The largest absolute Gasteiger partial charge is 0.390 e. The minimum absolute atomic E-state index is 0.339. The van der Waals surface area contributed by atoms with Crippen molar-refractivity contribution in [2.45, 2.75) is 50.8 Å². The Balaban J connectivity index is 1.39. The van der Waals surface area contributed by atoms with Gasteiger partial charge in [0.25, 0.3) is 0 Å². The molecule has 2 aliphatic carbocycles. The van der Waals surface area contributed by atoms with Gasteiger partial charge in [0.05, 0.1) is 5.60 Å². The first-order valence-corrected chi connectivity index (χ1v) is 9.74. The highest BCUT2D eigenvalue weighted by molar-refractivity contribution is 5.17. The zero-order chi connectivity index (χ0) is 17.1. The monoisotopic (exact) mass is 335 g/mol. The zero-order valence-corrected chi connectivity index (χ0v) is 15.0. The number of nitrogens with zero attached hydrogens (tertiary/aromatic N) is 1. The molecule has 0 heterocycles. The second kappa shape index (κ2) is 7.31. The van der Waals surface area contributed by atoms with Gasteiger partial charge in [-0.15, -0.1) is 0 Å². The zero-order valence-electron chi connectivity index (χ0n) is 15.0. The van der Waals surface area contributed by atoms with Gasteiger partial charge < -0.3 is 5.11 Å². The number of hydrogen-bond donors (Lipinski definition) is 1. The molecule has 2 fully saturated rings. The third kappa shape index (κ3) is 3.96. The van der Waals surface area contributed by atoms with Crippen molar-refractivity contribution in [2.75, 3.05) is 6.54 Å². The van der Waals surface area contributed by atoms with Crippen LogP contribution in [0.4, 0.5) is 0 Å². The van der Waals surface area contributed by atoms with Crippen LogP contribution in [0.2, 0.25) is 0 Å². The minimum Gasteiger partial charge on any atom is -0.390 e. The Hall–Kier alpha value is -1.64. The van der Waals surface area contributed by atoms with E-state index in [9.17, 15) is 5.11 Å². The fourth-order valence-corrected chi connectivity index (χ4v) is 4.58. The van der Waals surface area contributed by atoms with E-state index in [2.05, 4.69) is 65.6 Å². The smallest absolute Gasteiger partial charge is 0.0682 e. The molecule has 0 atom stereocenters. The van der Waals surface area contributed by atoms with E-state index in [-0.39, 0.29) is 5.60 Å². The molecule has 0 aliphatic heterocycles. The SMILES string of the molecule is OC1(C2CCC2)CC(CN(Cc2ccccc2)Cc2ccccc2)C1. The summed E-state index contributed by atoms with van der Waals surface area (Å²) in [5.74, 6) is 1.22. The summed E-state index contributed by atoms with van der Waals surface area (Å²) in [6.45, 7) is 3.04. The molecule has 1 N–H and O–H groups in total. The second-order valence-corrected chi connectivity index (χ2v) is 8.15. The first kappa shape index (κ1) is 16.8. The molecule has 0 aromatic heterocycles. The Bertz CT molecular complexity index is 618. The minimum atomic E-state index is -0.339. The van der Waals surface area contributed by atoms with Crippen LogP contribution in [0.1, 0.15) is 43.2 Å². The third-order valence-electron chi connectivity index (χ3n) is 6.16. The molecule has 2 nitrogen and oxygen atoms in total. The van der Waals surface area contributed by atoms with Crippen molar-refractivity contribution in [2.24, 2.45) is 11.8 Å². The van der Waals surface area contributed by atoms with Crippen LogP contribution in [-0.4, -0.2) is 22.2 Å². The van der Waals surface area contributed by atoms with Gasteiger partial charge in [0, 0.05) is 19.6 Å². The van der Waals surface area contributed by atoms with Crippen molar-refractivity contribution in [1.29, 1.82) is 0 Å². The Morgan fingerprint density at radius 3 is 1.80 bits per heavy atom. The van der Waals surface area contributed by atoms with Gasteiger partial charge in [-0.25, -0.2) is 0 Å². The summed E-state index contributed by atoms with van der Waals surface area (Å²) in [6.07, 6.45) is 5.78. The standard InChI is InChI=1S/C23H29NO/c25-23(22-12-7-13-22)14-21(15-23)18-24(16-19-8-3-1-4-9-19)17-20-10-5-2-6-11-20/h1-6,8-11,21-22,25H,7,12-18H2. The highest BCUT2D eigenvalue weighted by atomic mass is 16.3. The third-order valence-corrected chi connectivity index (χ3v) is 6.16. The van der Waals surface area contributed by atoms with Gasteiger partial charge in [-0.05, 0) is 48.6 Å². The molecule has 0 spiro atoms. The van der Waals surface area contributed by atoms with Gasteiger partial charge in [-0.1, -0.05) is 67.1 Å². The summed E-state index contributed by atoms with van der Waals surface area (Å²) >= 11 is 0. The molecule has 0 saturated heterocycles. The van der Waals surface area contributed by atoms with Crippen molar-refractivity contribution in [3.05, 3.63) is 71.8 Å². The van der Waals surface area contributed by atoms with Crippen LogP contribution < -0.4 is 0 Å². The number of benzene rings is 2. The molecule has 0 unspecified atom stereocenters. The van der Waals surface area contributed by atoms with E-state index in [0.717, 1.165) is 32.5 Å². The van der Waals surface area contributed by atoms with E-state index >= 15 is 0 Å². The maximum absolute atomic E-state index is 10.8. The molecule has 2 aliphatic rings. The first-order chi connectivity index (χ1) is 12.2. The summed E-state index contributed by atoms with van der Waals surface area (Å²) in [4.78, 5) is 2.55. The molecule has 4 rings (SSSR count). The fraction of sp³-hybridized carbons (Fsp3) is 0.478. The van der Waals surface area contributed by atoms with Gasteiger partial charge in [-0.2, -0.15) is 0 Å². The topological polar surface area (TPSA) is 23.5 Å².